The molecule has 2 aliphatic heterocycles. The summed E-state index contributed by atoms with van der Waals surface area (Å²) in [5.41, 5.74) is 10.1. The molecule has 14 nitrogen and oxygen atoms in total. The van der Waals surface area contributed by atoms with Crippen molar-refractivity contribution in [3.63, 3.8) is 0 Å². The maximum absolute atomic E-state index is 14.9. The highest BCUT2D eigenvalue weighted by Crippen LogP contribution is 2.54. The fraction of sp³-hybridized carbons (Fsp3) is 0.478. The second-order valence-electron chi connectivity index (χ2n) is 17.1. The van der Waals surface area contributed by atoms with Crippen molar-refractivity contribution < 1.29 is 33.2 Å². The molecule has 320 valence electrons. The number of carbonyl (C=O) groups is 3. The minimum atomic E-state index is -1.20. The van der Waals surface area contributed by atoms with Crippen molar-refractivity contribution in [1.82, 2.24) is 34.9 Å². The van der Waals surface area contributed by atoms with Gasteiger partial charge in [0, 0.05) is 83.6 Å². The van der Waals surface area contributed by atoms with Crippen molar-refractivity contribution in [2.45, 2.75) is 97.6 Å². The Balaban J connectivity index is 1.27. The van der Waals surface area contributed by atoms with Crippen LogP contribution in [-0.2, 0) is 41.6 Å². The van der Waals surface area contributed by atoms with Gasteiger partial charge in [0.15, 0.2) is 6.10 Å². The van der Waals surface area contributed by atoms with Crippen LogP contribution in [0.2, 0.25) is 0 Å². The standard InChI is InChI=1S/C46H55N8O6S/c1-9-53-35-16-15-28-21-30(35)31(39(53)29-13-11-18-48-38(29)27(4)58-8)22-46(5,6)24-60-45(57)33-14-12-20-54(51-33)44(56)40(41(59-10-2)42-50-34(28)23-61-42)52(7)43(55)37-26(3)36(37)32-17-19-47-25-49-32/h11,13,15-19,21,23,25-27,33,36-37,40-41,51H,7,9-10,12,14,20,22,24H2,1-6,8H3/q+1/t26-,27-,33-,36-,37+,40-,41-/m0/s1. The molecule has 0 unspecified atom stereocenters. The van der Waals surface area contributed by atoms with Gasteiger partial charge in [-0.3, -0.25) is 19.6 Å². The van der Waals surface area contributed by atoms with Crippen LogP contribution >= 0.6 is 11.3 Å². The lowest BCUT2D eigenvalue weighted by Crippen LogP contribution is -2.60. The van der Waals surface area contributed by atoms with Crippen LogP contribution < -0.4 is 5.43 Å². The number of carbonyl (C=O) groups excluding carboxylic acids is 3. The zero-order valence-corrected chi connectivity index (χ0v) is 36.8. The van der Waals surface area contributed by atoms with Crippen LogP contribution in [0, 0.1) is 17.3 Å². The van der Waals surface area contributed by atoms with Gasteiger partial charge in [0.25, 0.3) is 6.04 Å². The third-order valence-corrected chi connectivity index (χ3v) is 13.4. The molecule has 2 amide bonds. The Morgan fingerprint density at radius 3 is 2.72 bits per heavy atom. The smallest absolute Gasteiger partial charge is 0.391 e. The molecule has 0 radical (unpaired) electrons. The zero-order valence-electron chi connectivity index (χ0n) is 36.0. The van der Waals surface area contributed by atoms with E-state index in [0.717, 1.165) is 50.4 Å². The third-order valence-electron chi connectivity index (χ3n) is 12.5. The van der Waals surface area contributed by atoms with Gasteiger partial charge in [-0.15, -0.1) is 11.3 Å². The van der Waals surface area contributed by atoms with E-state index in [0.29, 0.717) is 37.4 Å². The molecule has 5 aromatic rings. The Bertz CT molecular complexity index is 2470. The monoisotopic (exact) mass is 847 g/mol. The van der Waals surface area contributed by atoms with Gasteiger partial charge in [0.2, 0.25) is 0 Å². The van der Waals surface area contributed by atoms with E-state index in [4.69, 9.17) is 24.2 Å². The van der Waals surface area contributed by atoms with Crippen LogP contribution in [-0.4, -0.2) is 97.5 Å². The number of hydrazine groups is 1. The van der Waals surface area contributed by atoms with E-state index in [1.54, 1.807) is 19.5 Å². The fourth-order valence-corrected chi connectivity index (χ4v) is 10.1. The zero-order chi connectivity index (χ0) is 43.2. The number of rotatable bonds is 9. The van der Waals surface area contributed by atoms with E-state index in [2.05, 4.69) is 71.7 Å². The lowest BCUT2D eigenvalue weighted by molar-refractivity contribution is -0.486. The van der Waals surface area contributed by atoms with Crippen molar-refractivity contribution in [3.8, 4) is 22.5 Å². The number of hydrogen-bond donors (Lipinski definition) is 1. The molecule has 0 spiro atoms. The Kier molecular flexibility index (Phi) is 12.0. The van der Waals surface area contributed by atoms with Gasteiger partial charge < -0.3 is 18.8 Å². The quantitative estimate of drug-likeness (QED) is 0.0958. The van der Waals surface area contributed by atoms with E-state index in [9.17, 15) is 14.4 Å². The summed E-state index contributed by atoms with van der Waals surface area (Å²) in [6.07, 6.45) is 5.33. The van der Waals surface area contributed by atoms with Gasteiger partial charge in [0.1, 0.15) is 24.1 Å². The number of esters is 1. The molecule has 1 N–H and O–H groups in total. The molecule has 8 rings (SSSR count). The predicted octanol–water partition coefficient (Wildman–Crippen LogP) is 6.70. The largest absolute Gasteiger partial charge is 0.464 e. The van der Waals surface area contributed by atoms with E-state index >= 15 is 0 Å². The summed E-state index contributed by atoms with van der Waals surface area (Å²) in [5.74, 6) is -1.78. The van der Waals surface area contributed by atoms with Crippen molar-refractivity contribution >= 4 is 46.7 Å². The molecule has 4 aromatic heterocycles. The number of aryl methyl sites for hydroxylation is 1. The fourth-order valence-electron chi connectivity index (χ4n) is 9.20. The number of benzene rings is 1. The summed E-state index contributed by atoms with van der Waals surface area (Å²) in [5, 5.41) is 4.99. The number of ether oxygens (including phenoxy) is 3. The number of thiazole rings is 1. The summed E-state index contributed by atoms with van der Waals surface area (Å²) in [4.78, 5) is 61.8. The van der Waals surface area contributed by atoms with E-state index < -0.39 is 41.4 Å². The Labute approximate surface area is 360 Å². The number of nitrogens with one attached hydrogen (secondary N) is 1. The van der Waals surface area contributed by atoms with Crippen molar-refractivity contribution in [1.29, 1.82) is 0 Å². The second kappa shape index (κ2) is 17.3. The molecule has 61 heavy (non-hydrogen) atoms. The number of hydrogen-bond acceptors (Lipinski definition) is 12. The summed E-state index contributed by atoms with van der Waals surface area (Å²) < 4.78 is 22.0. The van der Waals surface area contributed by atoms with Crippen LogP contribution in [0.3, 0.4) is 0 Å². The van der Waals surface area contributed by atoms with Crippen molar-refractivity contribution in [2.75, 3.05) is 26.9 Å². The maximum atomic E-state index is 14.9. The highest BCUT2D eigenvalue weighted by Gasteiger charge is 2.60. The molecule has 6 bridgehead atoms. The minimum absolute atomic E-state index is 0.0227. The van der Waals surface area contributed by atoms with Crippen LogP contribution in [0.4, 0.5) is 0 Å². The number of pyridine rings is 1. The molecule has 3 aliphatic rings. The minimum Gasteiger partial charge on any atom is -0.464 e. The van der Waals surface area contributed by atoms with Gasteiger partial charge in [-0.25, -0.2) is 25.2 Å². The molecule has 1 saturated heterocycles. The SMILES string of the molecule is C=[N+](C(=O)[C@@H]1[C@@H](C)[C@H]1c1ccncn1)[C@@H]1C(=O)N2CCC[C@H](N2)C(=O)OCC(C)(C)Cc2c(-c3cccnc3[C@H](C)OC)n(CC)c3ccc(cc23)-c2csc(n2)[C@H]1OCC. The van der Waals surface area contributed by atoms with Gasteiger partial charge in [0.05, 0.1) is 35.7 Å². The number of amides is 2. The highest BCUT2D eigenvalue weighted by molar-refractivity contribution is 7.10. The number of methoxy groups -OCH3 is 1. The molecule has 1 aromatic carbocycles. The first kappa shape index (κ1) is 42.5. The Morgan fingerprint density at radius 2 is 1.98 bits per heavy atom. The molecule has 2 fully saturated rings. The first-order valence-corrected chi connectivity index (χ1v) is 22.1. The van der Waals surface area contributed by atoms with Gasteiger partial charge in [-0.2, -0.15) is 4.58 Å². The summed E-state index contributed by atoms with van der Waals surface area (Å²) >= 11 is 1.38. The third kappa shape index (κ3) is 8.04. The predicted molar refractivity (Wildman–Crippen MR) is 232 cm³/mol. The van der Waals surface area contributed by atoms with Gasteiger partial charge in [-0.1, -0.05) is 26.8 Å². The van der Waals surface area contributed by atoms with Crippen LogP contribution in [0.5, 0.6) is 0 Å². The summed E-state index contributed by atoms with van der Waals surface area (Å²) in [6, 6.07) is 10.3. The Hall–Kier alpha value is -5.22. The van der Waals surface area contributed by atoms with E-state index in [-0.39, 0.29) is 37.1 Å². The summed E-state index contributed by atoms with van der Waals surface area (Å²) in [6.45, 7) is 17.9. The van der Waals surface area contributed by atoms with Gasteiger partial charge >= 0.3 is 17.8 Å². The van der Waals surface area contributed by atoms with Crippen LogP contribution in [0.1, 0.15) is 94.5 Å². The van der Waals surface area contributed by atoms with Crippen molar-refractivity contribution in [3.05, 3.63) is 82.5 Å². The number of fused-ring (bicyclic) bond motifs is 6. The Morgan fingerprint density at radius 1 is 1.16 bits per heavy atom. The van der Waals surface area contributed by atoms with Gasteiger partial charge in [-0.05, 0) is 81.8 Å². The lowest BCUT2D eigenvalue weighted by Gasteiger charge is -2.35. The van der Waals surface area contributed by atoms with Crippen LogP contribution in [0.15, 0.2) is 60.5 Å². The molecule has 1 saturated carbocycles. The average Bonchev–Trinajstić information content (AvgIpc) is 3.55. The van der Waals surface area contributed by atoms with E-state index in [1.807, 2.05) is 38.3 Å². The molecule has 1 aliphatic carbocycles. The number of aromatic nitrogens is 5. The van der Waals surface area contributed by atoms with Crippen molar-refractivity contribution in [2.24, 2.45) is 17.3 Å². The second-order valence-corrected chi connectivity index (χ2v) is 18.0. The maximum Gasteiger partial charge on any atom is 0.391 e. The van der Waals surface area contributed by atoms with Crippen LogP contribution in [0.25, 0.3) is 33.4 Å². The molecule has 6 heterocycles. The molecule has 15 heteroatoms. The molecular formula is C46H55N8O6S+. The first-order valence-electron chi connectivity index (χ1n) is 21.2. The first-order chi connectivity index (χ1) is 29.4. The lowest BCUT2D eigenvalue weighted by atomic mass is 9.84. The molecule has 7 atom stereocenters. The number of nitrogens with zero attached hydrogens (tertiary/aromatic N) is 7. The summed E-state index contributed by atoms with van der Waals surface area (Å²) in [7, 11) is 1.69. The number of cyclic esters (lactones) is 1. The highest BCUT2D eigenvalue weighted by atomic mass is 32.1. The van der Waals surface area contributed by atoms with E-state index in [1.165, 1.54) is 27.2 Å². The normalized spacial score (nSPS) is 24.5. The topological polar surface area (TPSA) is 154 Å². The molecular weight excluding hydrogens is 793 g/mol. The average molecular weight is 848 g/mol.